The third-order valence-electron chi connectivity index (χ3n) is 7.69. The van der Waals surface area contributed by atoms with Crippen LogP contribution in [0.1, 0.15) is 76.0 Å². The molecule has 1 N–H and O–H groups in total. The van der Waals surface area contributed by atoms with Crippen LogP contribution in [0.5, 0.6) is 5.75 Å². The lowest BCUT2D eigenvalue weighted by atomic mass is 9.86. The Morgan fingerprint density at radius 1 is 1.16 bits per heavy atom. The number of rotatable bonds is 6. The van der Waals surface area contributed by atoms with Crippen LogP contribution >= 0.6 is 0 Å². The van der Waals surface area contributed by atoms with E-state index in [0.29, 0.717) is 24.2 Å². The summed E-state index contributed by atoms with van der Waals surface area (Å²) >= 11 is 0. The lowest BCUT2D eigenvalue weighted by molar-refractivity contribution is -0.143. The molecule has 1 saturated heterocycles. The smallest absolute Gasteiger partial charge is 0.306 e. The van der Waals surface area contributed by atoms with E-state index in [0.717, 1.165) is 48.2 Å². The Bertz CT molecular complexity index is 996. The Kier molecular flexibility index (Phi) is 7.01. The highest BCUT2D eigenvalue weighted by Crippen LogP contribution is 2.35. The number of hydrogen-bond acceptors (Lipinski definition) is 4. The molecule has 0 aromatic heterocycles. The van der Waals surface area contributed by atoms with Crippen LogP contribution in [-0.2, 0) is 4.79 Å². The monoisotopic (exact) mass is 434 g/mol. The van der Waals surface area contributed by atoms with E-state index in [-0.39, 0.29) is 18.1 Å². The first-order valence-corrected chi connectivity index (χ1v) is 12.1. The summed E-state index contributed by atoms with van der Waals surface area (Å²) in [7, 11) is 0. The van der Waals surface area contributed by atoms with Gasteiger partial charge < -0.3 is 9.84 Å². The summed E-state index contributed by atoms with van der Waals surface area (Å²) in [6, 6.07) is 12.9. The topological polar surface area (TPSA) is 73.6 Å². The largest absolute Gasteiger partial charge is 0.489 e. The first-order valence-electron chi connectivity index (χ1n) is 12.1. The van der Waals surface area contributed by atoms with Crippen molar-refractivity contribution < 1.29 is 14.6 Å². The van der Waals surface area contributed by atoms with E-state index in [1.54, 1.807) is 0 Å². The number of likely N-dealkylation sites (tertiary alicyclic amines) is 1. The molecule has 0 radical (unpaired) electrons. The van der Waals surface area contributed by atoms with Gasteiger partial charge in [0.15, 0.2) is 0 Å². The zero-order valence-corrected chi connectivity index (χ0v) is 19.2. The molecule has 2 aromatic rings. The molecule has 2 aromatic carbocycles. The fourth-order valence-corrected chi connectivity index (χ4v) is 5.37. The van der Waals surface area contributed by atoms with Crippen LogP contribution < -0.4 is 4.74 Å². The average Bonchev–Trinajstić information content (AvgIpc) is 2.83. The van der Waals surface area contributed by atoms with Gasteiger partial charge in [-0.05, 0) is 87.5 Å². The molecule has 2 fully saturated rings. The van der Waals surface area contributed by atoms with E-state index in [2.05, 4.69) is 49.1 Å². The molecular weight excluding hydrogens is 400 g/mol. The minimum absolute atomic E-state index is 0.176. The second kappa shape index (κ2) is 9.92. The predicted molar refractivity (Wildman–Crippen MR) is 126 cm³/mol. The Labute approximate surface area is 191 Å². The Morgan fingerprint density at radius 2 is 1.84 bits per heavy atom. The highest BCUT2D eigenvalue weighted by atomic mass is 16.5. The van der Waals surface area contributed by atoms with E-state index >= 15 is 0 Å². The van der Waals surface area contributed by atoms with E-state index < -0.39 is 5.97 Å². The first kappa shape index (κ1) is 22.6. The number of aliphatic carboxylic acids is 1. The lowest BCUT2D eigenvalue weighted by Gasteiger charge is -2.35. The van der Waals surface area contributed by atoms with Crippen LogP contribution in [0.3, 0.4) is 0 Å². The lowest BCUT2D eigenvalue weighted by Crippen LogP contribution is -2.37. The zero-order chi connectivity index (χ0) is 22.7. The quantitative estimate of drug-likeness (QED) is 0.611. The molecule has 32 heavy (non-hydrogen) atoms. The van der Waals surface area contributed by atoms with Gasteiger partial charge in [-0.15, -0.1) is 0 Å². The van der Waals surface area contributed by atoms with Crippen molar-refractivity contribution in [2.45, 2.75) is 70.9 Å². The number of carbonyl (C=O) groups is 1. The molecular formula is C27H34N2O3. The van der Waals surface area contributed by atoms with Gasteiger partial charge >= 0.3 is 5.97 Å². The maximum absolute atomic E-state index is 11.3. The molecule has 1 atom stereocenters. The van der Waals surface area contributed by atoms with Crippen molar-refractivity contribution in [2.24, 2.45) is 11.8 Å². The Balaban J connectivity index is 1.54. The van der Waals surface area contributed by atoms with Crippen molar-refractivity contribution in [3.05, 3.63) is 41.5 Å². The van der Waals surface area contributed by atoms with Crippen LogP contribution in [-0.4, -0.2) is 35.2 Å². The number of benzene rings is 2. The summed E-state index contributed by atoms with van der Waals surface area (Å²) in [5, 5.41) is 21.2. The fraction of sp³-hybridized carbons (Fsp3) is 0.556. The molecule has 1 heterocycles. The molecule has 0 amide bonds. The van der Waals surface area contributed by atoms with Crippen LogP contribution in [0.25, 0.3) is 10.8 Å². The van der Waals surface area contributed by atoms with E-state index in [1.165, 1.54) is 19.3 Å². The van der Waals surface area contributed by atoms with Gasteiger partial charge in [0.1, 0.15) is 17.4 Å². The molecule has 5 nitrogen and oxygen atoms in total. The summed E-state index contributed by atoms with van der Waals surface area (Å²) < 4.78 is 6.34. The number of nitrogens with zero attached hydrogens (tertiary/aromatic N) is 2. The second-order valence-electron chi connectivity index (χ2n) is 9.52. The minimum Gasteiger partial charge on any atom is -0.489 e. The Hall–Kier alpha value is -2.58. The van der Waals surface area contributed by atoms with Crippen LogP contribution in [0.2, 0.25) is 0 Å². The highest BCUT2D eigenvalue weighted by molar-refractivity contribution is 5.90. The van der Waals surface area contributed by atoms with Crippen molar-refractivity contribution in [3.8, 4) is 11.8 Å². The van der Waals surface area contributed by atoms with Gasteiger partial charge in [0.25, 0.3) is 0 Å². The molecule has 4 rings (SSSR count). The van der Waals surface area contributed by atoms with Crippen molar-refractivity contribution in [2.75, 3.05) is 13.1 Å². The van der Waals surface area contributed by atoms with Gasteiger partial charge in [0.05, 0.1) is 12.0 Å². The SMILES string of the molecule is CCC1CCC(Oc2ccc3ccc(C(C)N4CCC(C(=O)O)CC4)cc3c2C#N)CC1. The number of carboxylic acids is 1. The number of carboxylic acid groups (broad SMARTS) is 1. The third-order valence-corrected chi connectivity index (χ3v) is 7.69. The molecule has 5 heteroatoms. The molecule has 1 aliphatic heterocycles. The summed E-state index contributed by atoms with van der Waals surface area (Å²) in [6.45, 7) is 5.99. The highest BCUT2D eigenvalue weighted by Gasteiger charge is 2.28. The van der Waals surface area contributed by atoms with Crippen molar-refractivity contribution in [1.29, 1.82) is 5.26 Å². The van der Waals surface area contributed by atoms with Gasteiger partial charge in [0.2, 0.25) is 0 Å². The third kappa shape index (κ3) is 4.76. The van der Waals surface area contributed by atoms with E-state index in [1.807, 2.05) is 6.07 Å². The molecule has 1 saturated carbocycles. The molecule has 0 spiro atoms. The van der Waals surface area contributed by atoms with Gasteiger partial charge in [-0.3, -0.25) is 9.69 Å². The van der Waals surface area contributed by atoms with Crippen molar-refractivity contribution in [1.82, 2.24) is 4.90 Å². The fourth-order valence-electron chi connectivity index (χ4n) is 5.37. The van der Waals surface area contributed by atoms with Crippen molar-refractivity contribution in [3.63, 3.8) is 0 Å². The maximum atomic E-state index is 11.3. The maximum Gasteiger partial charge on any atom is 0.306 e. The normalized spacial score (nSPS) is 23.5. The van der Waals surface area contributed by atoms with Crippen LogP contribution in [0, 0.1) is 23.2 Å². The van der Waals surface area contributed by atoms with Gasteiger partial charge in [0, 0.05) is 11.4 Å². The number of fused-ring (bicyclic) bond motifs is 1. The average molecular weight is 435 g/mol. The van der Waals surface area contributed by atoms with Gasteiger partial charge in [-0.2, -0.15) is 5.26 Å². The summed E-state index contributed by atoms with van der Waals surface area (Å²) in [5.74, 6) is 0.600. The van der Waals surface area contributed by atoms with Crippen LogP contribution in [0.15, 0.2) is 30.3 Å². The Morgan fingerprint density at radius 3 is 2.47 bits per heavy atom. The molecule has 170 valence electrons. The van der Waals surface area contributed by atoms with Gasteiger partial charge in [-0.1, -0.05) is 31.5 Å². The first-order chi connectivity index (χ1) is 15.5. The summed E-state index contributed by atoms with van der Waals surface area (Å²) in [5.41, 5.74) is 1.78. The van der Waals surface area contributed by atoms with E-state index in [4.69, 9.17) is 4.74 Å². The van der Waals surface area contributed by atoms with Crippen molar-refractivity contribution >= 4 is 16.7 Å². The second-order valence-corrected chi connectivity index (χ2v) is 9.52. The van der Waals surface area contributed by atoms with E-state index in [9.17, 15) is 15.2 Å². The molecule has 2 aliphatic rings. The number of nitriles is 1. The molecule has 1 unspecified atom stereocenters. The van der Waals surface area contributed by atoms with Crippen LogP contribution in [0.4, 0.5) is 0 Å². The standard InChI is InChI=1S/C27H34N2O3/c1-3-19-4-9-23(10-5-19)32-26-11-8-20-6-7-22(16-24(20)25(26)17-28)18(2)29-14-12-21(13-15-29)27(30)31/h6-8,11,16,18-19,21,23H,3-5,9-10,12-15H2,1-2H3,(H,30,31). The summed E-state index contributed by atoms with van der Waals surface area (Å²) in [4.78, 5) is 13.6. The molecule has 1 aliphatic carbocycles. The molecule has 0 bridgehead atoms. The predicted octanol–water partition coefficient (Wildman–Crippen LogP) is 5.92. The number of ether oxygens (including phenoxy) is 1. The summed E-state index contributed by atoms with van der Waals surface area (Å²) in [6.07, 6.45) is 7.34. The number of hydrogen-bond donors (Lipinski definition) is 1. The zero-order valence-electron chi connectivity index (χ0n) is 19.2. The minimum atomic E-state index is -0.683. The van der Waals surface area contributed by atoms with Gasteiger partial charge in [-0.25, -0.2) is 0 Å². The number of piperidine rings is 1.